The molecule has 2 atom stereocenters. The Kier molecular flexibility index (Phi) is 7.87. The van der Waals surface area contributed by atoms with Crippen molar-refractivity contribution in [1.82, 2.24) is 4.98 Å². The fraction of sp³-hybridized carbons (Fsp3) is 0.657. The summed E-state index contributed by atoms with van der Waals surface area (Å²) in [5, 5.41) is 0.119. The van der Waals surface area contributed by atoms with Crippen molar-refractivity contribution in [3.05, 3.63) is 63.5 Å². The van der Waals surface area contributed by atoms with Gasteiger partial charge in [-0.15, -0.1) is 0 Å². The molecule has 0 bridgehead atoms. The zero-order chi connectivity index (χ0) is 30.0. The fourth-order valence-corrected chi connectivity index (χ4v) is 8.29. The Labute approximate surface area is 248 Å². The number of nitrogens with zero attached hydrogens (tertiary/aromatic N) is 1. The Hall–Kier alpha value is -2.02. The molecule has 2 aromatic rings. The lowest BCUT2D eigenvalue weighted by Crippen LogP contribution is -2.44. The van der Waals surface area contributed by atoms with E-state index in [9.17, 15) is 4.79 Å². The van der Waals surface area contributed by atoms with E-state index >= 15 is 0 Å². The third-order valence-corrected chi connectivity index (χ3v) is 14.6. The lowest BCUT2D eigenvalue weighted by atomic mass is 9.70. The lowest BCUT2D eigenvalue weighted by molar-refractivity contribution is -0.0579. The molecule has 5 nitrogen and oxygen atoms in total. The number of hydrogen-bond donors (Lipinski definition) is 0. The van der Waals surface area contributed by atoms with E-state index in [4.69, 9.17) is 18.9 Å². The minimum Gasteiger partial charge on any atom is -0.462 e. The summed E-state index contributed by atoms with van der Waals surface area (Å²) in [5.41, 5.74) is 7.81. The van der Waals surface area contributed by atoms with Crippen LogP contribution in [0.3, 0.4) is 0 Å². The maximum Gasteiger partial charge on any atom is 0.338 e. The van der Waals surface area contributed by atoms with Crippen molar-refractivity contribution in [3.8, 4) is 0 Å². The number of rotatable bonds is 6. The van der Waals surface area contributed by atoms with E-state index in [-0.39, 0.29) is 40.1 Å². The van der Waals surface area contributed by atoms with Gasteiger partial charge in [-0.3, -0.25) is 4.98 Å². The monoisotopic (exact) mass is 577 g/mol. The van der Waals surface area contributed by atoms with Crippen molar-refractivity contribution in [1.29, 1.82) is 0 Å². The summed E-state index contributed by atoms with van der Waals surface area (Å²) in [7, 11) is -2.06. The van der Waals surface area contributed by atoms with E-state index in [1.165, 1.54) is 35.2 Å². The molecule has 6 heteroatoms. The molecule has 1 spiro atoms. The summed E-state index contributed by atoms with van der Waals surface area (Å²) in [4.78, 5) is 17.9. The molecule has 0 amide bonds. The van der Waals surface area contributed by atoms with E-state index in [0.29, 0.717) is 12.2 Å². The van der Waals surface area contributed by atoms with Crippen LogP contribution in [0.2, 0.25) is 18.1 Å². The van der Waals surface area contributed by atoms with Crippen molar-refractivity contribution in [2.24, 2.45) is 5.41 Å². The number of hydrogen-bond acceptors (Lipinski definition) is 5. The second kappa shape index (κ2) is 10.6. The second-order valence-corrected chi connectivity index (χ2v) is 20.0. The predicted octanol–water partition coefficient (Wildman–Crippen LogP) is 9.31. The summed E-state index contributed by atoms with van der Waals surface area (Å²) < 4.78 is 19.8. The molecule has 1 aliphatic heterocycles. The standard InChI is InChI=1S/C35H51NO4Si/c1-11-38-32(37)24-16-14-23(15-17-24)31-28-29(35(39-31)18-12-13-19-35)27-25(36-30(28)22(2)3)20-34(7,8)21-26(27)40-41(9,10)33(4,5)6/h14-17,22,26,31H,11-13,18-21H2,1-10H3/t26?,31-/m1/s1. The zero-order valence-electron chi connectivity index (χ0n) is 27.1. The van der Waals surface area contributed by atoms with Crippen LogP contribution < -0.4 is 0 Å². The van der Waals surface area contributed by atoms with Gasteiger partial charge in [0.2, 0.25) is 0 Å². The number of fused-ring (bicyclic) bond motifs is 4. The quantitative estimate of drug-likeness (QED) is 0.253. The highest BCUT2D eigenvalue weighted by molar-refractivity contribution is 6.74. The zero-order valence-corrected chi connectivity index (χ0v) is 28.1. The SMILES string of the molecule is CCOC(=O)c1ccc([C@H]2OC3(CCCC3)c3c4c(nc(C(C)C)c32)CC(C)(C)CC4O[Si](C)(C)C(C)(C)C)cc1. The van der Waals surface area contributed by atoms with Crippen LogP contribution in [-0.2, 0) is 25.9 Å². The van der Waals surface area contributed by atoms with Gasteiger partial charge < -0.3 is 13.9 Å². The third-order valence-electron chi connectivity index (χ3n) is 10.1. The van der Waals surface area contributed by atoms with E-state index in [0.717, 1.165) is 36.9 Å². The Morgan fingerprint density at radius 3 is 2.29 bits per heavy atom. The van der Waals surface area contributed by atoms with Gasteiger partial charge in [-0.1, -0.05) is 73.4 Å². The second-order valence-electron chi connectivity index (χ2n) is 15.3. The van der Waals surface area contributed by atoms with Gasteiger partial charge in [-0.25, -0.2) is 4.79 Å². The number of ether oxygens (including phenoxy) is 2. The maximum atomic E-state index is 12.4. The molecule has 2 aliphatic carbocycles. The highest BCUT2D eigenvalue weighted by atomic mass is 28.4. The van der Waals surface area contributed by atoms with Crippen molar-refractivity contribution >= 4 is 14.3 Å². The maximum absolute atomic E-state index is 12.4. The topological polar surface area (TPSA) is 57.7 Å². The molecule has 5 rings (SSSR count). The summed E-state index contributed by atoms with van der Waals surface area (Å²) >= 11 is 0. The first-order valence-corrected chi connectivity index (χ1v) is 18.7. The van der Waals surface area contributed by atoms with Crippen LogP contribution in [-0.4, -0.2) is 25.9 Å². The minimum absolute atomic E-state index is 0.0168. The van der Waals surface area contributed by atoms with Gasteiger partial charge in [0.1, 0.15) is 6.10 Å². The van der Waals surface area contributed by atoms with Gasteiger partial charge in [0.25, 0.3) is 0 Å². The van der Waals surface area contributed by atoms with Crippen molar-refractivity contribution < 1.29 is 18.7 Å². The molecule has 0 N–H and O–H groups in total. The van der Waals surface area contributed by atoms with Crippen LogP contribution in [0.15, 0.2) is 24.3 Å². The Morgan fingerprint density at radius 2 is 1.73 bits per heavy atom. The number of esters is 1. The largest absolute Gasteiger partial charge is 0.462 e. The van der Waals surface area contributed by atoms with Crippen LogP contribution in [0, 0.1) is 5.41 Å². The first-order chi connectivity index (χ1) is 19.1. The lowest BCUT2D eigenvalue weighted by Gasteiger charge is -2.45. The molecule has 1 unspecified atom stereocenters. The number of carbonyl (C=O) groups is 1. The van der Waals surface area contributed by atoms with Crippen molar-refractivity contribution in [2.75, 3.05) is 6.61 Å². The summed E-state index contributed by atoms with van der Waals surface area (Å²) in [6, 6.07) is 7.85. The smallest absolute Gasteiger partial charge is 0.338 e. The highest BCUT2D eigenvalue weighted by Crippen LogP contribution is 2.60. The van der Waals surface area contributed by atoms with Crippen LogP contribution in [0.5, 0.6) is 0 Å². The Balaban J connectivity index is 1.72. The number of aromatic nitrogens is 1. The van der Waals surface area contributed by atoms with Crippen molar-refractivity contribution in [3.63, 3.8) is 0 Å². The minimum atomic E-state index is -2.06. The third kappa shape index (κ3) is 5.45. The van der Waals surface area contributed by atoms with Gasteiger partial charge in [0, 0.05) is 22.5 Å². The molecule has 1 saturated carbocycles. The summed E-state index contributed by atoms with van der Waals surface area (Å²) in [6.07, 6.45) is 6.16. The molecular formula is C35H51NO4Si. The van der Waals surface area contributed by atoms with E-state index in [1.54, 1.807) is 0 Å². The molecule has 3 aliphatic rings. The van der Waals surface area contributed by atoms with Gasteiger partial charge in [-0.2, -0.15) is 0 Å². The van der Waals surface area contributed by atoms with Crippen LogP contribution in [0.4, 0.5) is 0 Å². The molecule has 0 saturated heterocycles. The highest BCUT2D eigenvalue weighted by Gasteiger charge is 2.54. The molecule has 41 heavy (non-hydrogen) atoms. The Morgan fingerprint density at radius 1 is 1.10 bits per heavy atom. The summed E-state index contributed by atoms with van der Waals surface area (Å²) in [5.74, 6) is -0.0220. The number of pyridine rings is 1. The van der Waals surface area contributed by atoms with Crippen LogP contribution >= 0.6 is 0 Å². The van der Waals surface area contributed by atoms with E-state index in [2.05, 4.69) is 61.6 Å². The first-order valence-electron chi connectivity index (χ1n) is 15.8. The Bertz CT molecular complexity index is 1300. The normalized spacial score (nSPS) is 23.1. The first kappa shape index (κ1) is 30.4. The molecule has 1 fully saturated rings. The average Bonchev–Trinajstić information content (AvgIpc) is 3.47. The van der Waals surface area contributed by atoms with E-state index in [1.807, 2.05) is 31.2 Å². The average molecular weight is 578 g/mol. The predicted molar refractivity (Wildman–Crippen MR) is 167 cm³/mol. The van der Waals surface area contributed by atoms with Crippen molar-refractivity contribution in [2.45, 2.75) is 136 Å². The van der Waals surface area contributed by atoms with Gasteiger partial charge in [0.05, 0.1) is 23.9 Å². The van der Waals surface area contributed by atoms with Crippen LogP contribution in [0.25, 0.3) is 0 Å². The molecule has 2 heterocycles. The summed E-state index contributed by atoms with van der Waals surface area (Å²) in [6.45, 7) is 23.2. The molecule has 1 aromatic heterocycles. The van der Waals surface area contributed by atoms with Gasteiger partial charge >= 0.3 is 5.97 Å². The molecule has 0 radical (unpaired) electrons. The molecule has 224 valence electrons. The number of carbonyl (C=O) groups excluding carboxylic acids is 1. The fourth-order valence-electron chi connectivity index (χ4n) is 7.02. The van der Waals surface area contributed by atoms with Gasteiger partial charge in [-0.05, 0) is 85.3 Å². The van der Waals surface area contributed by atoms with E-state index < -0.39 is 8.32 Å². The van der Waals surface area contributed by atoms with Crippen LogP contribution in [0.1, 0.15) is 150 Å². The van der Waals surface area contributed by atoms with Gasteiger partial charge in [0.15, 0.2) is 8.32 Å². The molecular weight excluding hydrogens is 526 g/mol. The number of benzene rings is 1. The molecule has 1 aromatic carbocycles.